The fourth-order valence-corrected chi connectivity index (χ4v) is 3.26. The van der Waals surface area contributed by atoms with Crippen LogP contribution in [-0.2, 0) is 9.84 Å². The number of aromatic nitrogens is 2. The molecule has 0 aliphatic carbocycles. The van der Waals surface area contributed by atoms with Gasteiger partial charge in [-0.2, -0.15) is 4.68 Å². The minimum atomic E-state index is -4.36. The molecule has 1 aromatic carbocycles. The number of amides is 1. The molecule has 6 nitrogen and oxygen atoms in total. The summed E-state index contributed by atoms with van der Waals surface area (Å²) in [5, 5.41) is 2.63. The predicted molar refractivity (Wildman–Crippen MR) is 77.8 cm³/mol. The molecule has 0 saturated carbocycles. The maximum absolute atomic E-state index is 14.0. The molecule has 0 radical (unpaired) electrons. The van der Waals surface area contributed by atoms with Gasteiger partial charge in [-0.3, -0.25) is 0 Å². The Bertz CT molecular complexity index is 830. The molecule has 9 heteroatoms. The largest absolute Gasteiger partial charge is 0.344 e. The Hall–Kier alpha value is -2.29. The van der Waals surface area contributed by atoms with E-state index in [1.807, 2.05) is 0 Å². The van der Waals surface area contributed by atoms with Crippen LogP contribution in [-0.4, -0.2) is 42.2 Å². The van der Waals surface area contributed by atoms with E-state index in [0.717, 1.165) is 18.2 Å². The van der Waals surface area contributed by atoms with E-state index in [0.29, 0.717) is 24.0 Å². The zero-order chi connectivity index (χ0) is 17.2. The zero-order valence-corrected chi connectivity index (χ0v) is 13.3. The van der Waals surface area contributed by atoms with E-state index in [4.69, 9.17) is 0 Å². The molecular weight excluding hydrogens is 328 g/mol. The molecule has 0 atom stereocenters. The lowest BCUT2D eigenvalue weighted by atomic mass is 10.4. The third-order valence-corrected chi connectivity index (χ3v) is 4.89. The van der Waals surface area contributed by atoms with Crippen molar-refractivity contribution in [2.45, 2.75) is 23.8 Å². The molecule has 1 aromatic heterocycles. The van der Waals surface area contributed by atoms with Gasteiger partial charge in [0.05, 0.1) is 11.1 Å². The quantitative estimate of drug-likeness (QED) is 0.854. The Morgan fingerprint density at radius 2 is 1.91 bits per heavy atom. The molecule has 0 saturated heterocycles. The number of benzene rings is 1. The summed E-state index contributed by atoms with van der Waals surface area (Å²) in [7, 11) is -4.36. The van der Waals surface area contributed by atoms with Gasteiger partial charge in [0.15, 0.2) is 5.82 Å². The first-order valence-corrected chi connectivity index (χ1v) is 8.34. The van der Waals surface area contributed by atoms with E-state index in [2.05, 4.69) is 5.10 Å². The topological polar surface area (TPSA) is 72.3 Å². The van der Waals surface area contributed by atoms with Crippen LogP contribution in [0.2, 0.25) is 0 Å². The molecule has 0 aliphatic heterocycles. The van der Waals surface area contributed by atoms with E-state index >= 15 is 0 Å². The molecule has 0 fully saturated rings. The summed E-state index contributed by atoms with van der Waals surface area (Å²) in [5.41, 5.74) is 0. The number of hydrogen-bond donors (Lipinski definition) is 0. The Balaban J connectivity index is 2.47. The molecule has 2 aromatic rings. The lowest BCUT2D eigenvalue weighted by molar-refractivity contribution is 0.201. The van der Waals surface area contributed by atoms with E-state index < -0.39 is 37.4 Å². The summed E-state index contributed by atoms with van der Waals surface area (Å²) in [4.78, 5) is 13.0. The van der Waals surface area contributed by atoms with Crippen molar-refractivity contribution in [3.63, 3.8) is 0 Å². The molecule has 124 valence electrons. The first-order valence-electron chi connectivity index (χ1n) is 6.86. The van der Waals surface area contributed by atoms with Gasteiger partial charge in [-0.05, 0) is 32.0 Å². The van der Waals surface area contributed by atoms with Gasteiger partial charge in [0.1, 0.15) is 5.82 Å². The van der Waals surface area contributed by atoms with Crippen LogP contribution in [0.25, 0.3) is 0 Å². The zero-order valence-electron chi connectivity index (χ0n) is 12.5. The minimum Gasteiger partial charge on any atom is -0.323 e. The van der Waals surface area contributed by atoms with Crippen molar-refractivity contribution in [2.75, 3.05) is 13.1 Å². The van der Waals surface area contributed by atoms with Gasteiger partial charge in [0, 0.05) is 13.1 Å². The summed E-state index contributed by atoms with van der Waals surface area (Å²) in [6.07, 6.45) is 0.701. The fourth-order valence-electron chi connectivity index (χ4n) is 2.00. The van der Waals surface area contributed by atoms with Gasteiger partial charge in [0.25, 0.3) is 0 Å². The average Bonchev–Trinajstić information content (AvgIpc) is 2.91. The molecule has 1 amide bonds. The van der Waals surface area contributed by atoms with E-state index in [1.54, 1.807) is 13.8 Å². The monoisotopic (exact) mass is 343 g/mol. The summed E-state index contributed by atoms with van der Waals surface area (Å²) in [6.45, 7) is 4.18. The lowest BCUT2D eigenvalue weighted by Crippen LogP contribution is -2.34. The number of hydrogen-bond acceptors (Lipinski definition) is 4. The molecule has 0 N–H and O–H groups in total. The SMILES string of the molecule is CCN(CC)C(=O)n1cc(F)c(S(=O)(=O)c2cccc(F)c2)n1. The fraction of sp³-hybridized carbons (Fsp3) is 0.286. The smallest absolute Gasteiger partial charge is 0.323 e. The summed E-state index contributed by atoms with van der Waals surface area (Å²) < 4.78 is 52.5. The molecule has 0 bridgehead atoms. The van der Waals surface area contributed by atoms with E-state index in [9.17, 15) is 22.0 Å². The van der Waals surface area contributed by atoms with Crippen LogP contribution < -0.4 is 0 Å². The van der Waals surface area contributed by atoms with Crippen molar-refractivity contribution >= 4 is 15.9 Å². The first kappa shape index (κ1) is 17.1. The summed E-state index contributed by atoms with van der Waals surface area (Å²) >= 11 is 0. The maximum Gasteiger partial charge on any atom is 0.344 e. The Morgan fingerprint density at radius 3 is 2.48 bits per heavy atom. The Labute approximate surface area is 132 Å². The number of carbonyl (C=O) groups is 1. The van der Waals surface area contributed by atoms with Crippen LogP contribution in [0.15, 0.2) is 40.4 Å². The highest BCUT2D eigenvalue weighted by atomic mass is 32.2. The van der Waals surface area contributed by atoms with Crippen molar-refractivity contribution < 1.29 is 22.0 Å². The van der Waals surface area contributed by atoms with Gasteiger partial charge in [0.2, 0.25) is 14.9 Å². The Kier molecular flexibility index (Phi) is 4.79. The van der Waals surface area contributed by atoms with Crippen LogP contribution in [0, 0.1) is 11.6 Å². The van der Waals surface area contributed by atoms with Gasteiger partial charge >= 0.3 is 6.03 Å². The van der Waals surface area contributed by atoms with Crippen LogP contribution in [0.1, 0.15) is 13.8 Å². The van der Waals surface area contributed by atoms with Crippen molar-refractivity contribution in [2.24, 2.45) is 0 Å². The maximum atomic E-state index is 14.0. The van der Waals surface area contributed by atoms with Crippen molar-refractivity contribution in [1.82, 2.24) is 14.7 Å². The average molecular weight is 343 g/mol. The number of nitrogens with zero attached hydrogens (tertiary/aromatic N) is 3. The molecule has 2 rings (SSSR count). The Morgan fingerprint density at radius 1 is 1.26 bits per heavy atom. The normalized spacial score (nSPS) is 11.5. The number of halogens is 2. The summed E-state index contributed by atoms with van der Waals surface area (Å²) in [5.74, 6) is -1.94. The molecule has 23 heavy (non-hydrogen) atoms. The molecule has 1 heterocycles. The molecular formula is C14H15F2N3O3S. The van der Waals surface area contributed by atoms with E-state index in [1.165, 1.54) is 11.0 Å². The third kappa shape index (κ3) is 3.24. The van der Waals surface area contributed by atoms with Crippen LogP contribution >= 0.6 is 0 Å². The molecule has 0 aliphatic rings. The number of rotatable bonds is 4. The van der Waals surface area contributed by atoms with E-state index in [-0.39, 0.29) is 0 Å². The second-order valence-corrected chi connectivity index (χ2v) is 6.51. The van der Waals surface area contributed by atoms with Crippen molar-refractivity contribution in [3.8, 4) is 0 Å². The van der Waals surface area contributed by atoms with Crippen LogP contribution in [0.3, 0.4) is 0 Å². The van der Waals surface area contributed by atoms with Crippen LogP contribution in [0.5, 0.6) is 0 Å². The highest BCUT2D eigenvalue weighted by molar-refractivity contribution is 7.91. The lowest BCUT2D eigenvalue weighted by Gasteiger charge is -2.17. The van der Waals surface area contributed by atoms with Gasteiger partial charge in [-0.1, -0.05) is 6.07 Å². The second kappa shape index (κ2) is 6.45. The molecule has 0 spiro atoms. The first-order chi connectivity index (χ1) is 10.8. The predicted octanol–water partition coefficient (Wildman–Crippen LogP) is 2.30. The number of sulfone groups is 1. The van der Waals surface area contributed by atoms with Gasteiger partial charge < -0.3 is 4.90 Å². The highest BCUT2D eigenvalue weighted by Gasteiger charge is 2.28. The standard InChI is InChI=1S/C14H15F2N3O3S/c1-3-18(4-2)14(20)19-9-12(16)13(17-19)23(21,22)11-7-5-6-10(15)8-11/h5-9H,3-4H2,1-2H3. The third-order valence-electron chi connectivity index (χ3n) is 3.23. The molecule has 0 unspecified atom stereocenters. The van der Waals surface area contributed by atoms with Crippen molar-refractivity contribution in [1.29, 1.82) is 0 Å². The minimum absolute atomic E-state index is 0.364. The number of carbonyl (C=O) groups excluding carboxylic acids is 1. The highest BCUT2D eigenvalue weighted by Crippen LogP contribution is 2.22. The van der Waals surface area contributed by atoms with Gasteiger partial charge in [-0.15, -0.1) is 5.10 Å². The van der Waals surface area contributed by atoms with Crippen molar-refractivity contribution in [3.05, 3.63) is 42.1 Å². The van der Waals surface area contributed by atoms with Gasteiger partial charge in [-0.25, -0.2) is 22.0 Å². The van der Waals surface area contributed by atoms with Crippen LogP contribution in [0.4, 0.5) is 13.6 Å². The summed E-state index contributed by atoms with van der Waals surface area (Å²) in [6, 6.07) is 3.51. The second-order valence-electron chi connectivity index (χ2n) is 4.64.